The summed E-state index contributed by atoms with van der Waals surface area (Å²) in [5, 5.41) is 0. The first kappa shape index (κ1) is 18.6. The van der Waals surface area contributed by atoms with Crippen LogP contribution in [0.4, 0.5) is 0 Å². The van der Waals surface area contributed by atoms with Crippen molar-refractivity contribution in [2.24, 2.45) is 0 Å². The number of hydrogen-bond donors (Lipinski definition) is 0. The van der Waals surface area contributed by atoms with Gasteiger partial charge in [0.15, 0.2) is 0 Å². The van der Waals surface area contributed by atoms with Crippen molar-refractivity contribution in [1.82, 2.24) is 0 Å². The first-order chi connectivity index (χ1) is 11.0. The Labute approximate surface area is 151 Å². The second-order valence-corrected chi connectivity index (χ2v) is 7.21. The highest BCUT2D eigenvalue weighted by Gasteiger charge is 2.23. The molecule has 0 aliphatic heterocycles. The lowest BCUT2D eigenvalue weighted by Gasteiger charge is -2.24. The number of benzene rings is 2. The van der Waals surface area contributed by atoms with Gasteiger partial charge in [0.25, 0.3) is 0 Å². The summed E-state index contributed by atoms with van der Waals surface area (Å²) < 4.78 is 7.18. The second kappa shape index (κ2) is 7.42. The van der Waals surface area contributed by atoms with E-state index in [1.165, 1.54) is 27.8 Å². The highest BCUT2D eigenvalue weighted by Crippen LogP contribution is 2.43. The molecule has 0 atom stereocenters. The fourth-order valence-electron chi connectivity index (χ4n) is 3.10. The van der Waals surface area contributed by atoms with E-state index >= 15 is 0 Å². The van der Waals surface area contributed by atoms with Gasteiger partial charge in [-0.3, -0.25) is 0 Å². The van der Waals surface area contributed by atoms with Gasteiger partial charge in [-0.15, -0.1) is 0 Å². The Morgan fingerprint density at radius 2 is 1.79 bits per heavy atom. The second-order valence-electron chi connectivity index (χ2n) is 7.21. The van der Waals surface area contributed by atoms with Crippen LogP contribution in [0.15, 0.2) is 42.5 Å². The minimum absolute atomic E-state index is 0. The molecule has 0 saturated carbocycles. The molecule has 0 spiro atoms. The number of allylic oxidation sites excluding steroid dienone is 1. The van der Waals surface area contributed by atoms with Crippen LogP contribution in [-0.2, 0) is 6.42 Å². The van der Waals surface area contributed by atoms with E-state index in [-0.39, 0.29) is 12.4 Å². The first-order valence-corrected chi connectivity index (χ1v) is 8.30. The van der Waals surface area contributed by atoms with Crippen LogP contribution < -0.4 is 17.1 Å². The van der Waals surface area contributed by atoms with Crippen LogP contribution in [0.3, 0.4) is 0 Å². The third-order valence-electron chi connectivity index (χ3n) is 4.32. The quantitative estimate of drug-likeness (QED) is 0.636. The molecule has 3 heteroatoms. The lowest BCUT2D eigenvalue weighted by molar-refractivity contribution is -0.870. The molecule has 0 fully saturated rings. The summed E-state index contributed by atoms with van der Waals surface area (Å²) in [6, 6.07) is 13.1. The highest BCUT2D eigenvalue weighted by molar-refractivity contribution is 5.81. The van der Waals surface area contributed by atoms with Gasteiger partial charge in [0.05, 0.1) is 21.1 Å². The molecule has 0 radical (unpaired) electrons. The van der Waals surface area contributed by atoms with Crippen LogP contribution in [0.1, 0.15) is 23.6 Å². The fraction of sp³-hybridized carbons (Fsp3) is 0.333. The average Bonchev–Trinajstić information content (AvgIpc) is 2.87. The number of hydrogen-bond acceptors (Lipinski definition) is 1. The Hall–Kier alpha value is -1.77. The molecule has 1 aliphatic rings. The molecular weight excluding hydrogens is 318 g/mol. The summed E-state index contributed by atoms with van der Waals surface area (Å²) in [7, 11) is 6.59. The lowest BCUT2D eigenvalue weighted by Crippen LogP contribution is -3.00. The van der Waals surface area contributed by atoms with Gasteiger partial charge >= 0.3 is 0 Å². The van der Waals surface area contributed by atoms with Crippen LogP contribution in [0.5, 0.6) is 5.75 Å². The van der Waals surface area contributed by atoms with Gasteiger partial charge in [-0.05, 0) is 23.6 Å². The molecule has 2 aromatic carbocycles. The molecule has 0 saturated heterocycles. The predicted octanol–water partition coefficient (Wildman–Crippen LogP) is 1.38. The molecular formula is C21H26ClNO. The molecule has 0 heterocycles. The molecule has 3 rings (SSSR count). The summed E-state index contributed by atoms with van der Waals surface area (Å²) in [5.74, 6) is 1.06. The van der Waals surface area contributed by atoms with Crippen molar-refractivity contribution in [2.75, 3.05) is 34.3 Å². The van der Waals surface area contributed by atoms with Gasteiger partial charge in [-0.2, -0.15) is 0 Å². The summed E-state index contributed by atoms with van der Waals surface area (Å²) in [6.07, 6.45) is 5.19. The molecule has 128 valence electrons. The van der Waals surface area contributed by atoms with E-state index in [9.17, 15) is 0 Å². The third kappa shape index (κ3) is 3.82. The molecule has 2 nitrogen and oxygen atoms in total. The Morgan fingerprint density at radius 3 is 2.50 bits per heavy atom. The molecule has 0 amide bonds. The Bertz CT molecular complexity index is 744. The van der Waals surface area contributed by atoms with E-state index in [1.54, 1.807) is 0 Å². The zero-order valence-corrected chi connectivity index (χ0v) is 15.7. The normalized spacial score (nSPS) is 12.7. The van der Waals surface area contributed by atoms with Crippen LogP contribution in [0, 0.1) is 0 Å². The molecule has 2 aromatic rings. The maximum Gasteiger partial charge on any atom is 0.137 e. The number of nitrogens with zero attached hydrogens (tertiary/aromatic N) is 1. The van der Waals surface area contributed by atoms with Crippen LogP contribution in [-0.4, -0.2) is 38.8 Å². The van der Waals surface area contributed by atoms with E-state index in [0.717, 1.165) is 29.8 Å². The maximum atomic E-state index is 6.27. The maximum absolute atomic E-state index is 6.27. The van der Waals surface area contributed by atoms with E-state index in [4.69, 9.17) is 4.74 Å². The Balaban J connectivity index is 0.00000208. The topological polar surface area (TPSA) is 9.23 Å². The van der Waals surface area contributed by atoms with Crippen molar-refractivity contribution < 1.29 is 21.6 Å². The van der Waals surface area contributed by atoms with E-state index in [0.29, 0.717) is 0 Å². The number of likely N-dealkylation sites (N-methyl/N-ethyl adjacent to an activating group) is 1. The van der Waals surface area contributed by atoms with Gasteiger partial charge in [0, 0.05) is 17.5 Å². The molecule has 24 heavy (non-hydrogen) atoms. The van der Waals surface area contributed by atoms with Crippen molar-refractivity contribution in [3.05, 3.63) is 59.2 Å². The highest BCUT2D eigenvalue weighted by atomic mass is 35.5. The number of rotatable bonds is 5. The summed E-state index contributed by atoms with van der Waals surface area (Å²) >= 11 is 0. The molecule has 0 bridgehead atoms. The number of quaternary nitrogens is 1. The van der Waals surface area contributed by atoms with Crippen LogP contribution in [0.2, 0.25) is 0 Å². The molecule has 0 N–H and O–H groups in total. The van der Waals surface area contributed by atoms with E-state index in [1.807, 2.05) is 0 Å². The molecule has 0 unspecified atom stereocenters. The van der Waals surface area contributed by atoms with Gasteiger partial charge in [0.2, 0.25) is 0 Å². The molecule has 0 aromatic heterocycles. The smallest absolute Gasteiger partial charge is 0.137 e. The number of ether oxygens (including phenoxy) is 1. The lowest BCUT2D eigenvalue weighted by atomic mass is 10.0. The van der Waals surface area contributed by atoms with Crippen LogP contribution >= 0.6 is 0 Å². The van der Waals surface area contributed by atoms with Crippen LogP contribution in [0.25, 0.3) is 17.2 Å². The van der Waals surface area contributed by atoms with Crippen molar-refractivity contribution in [2.45, 2.75) is 13.3 Å². The summed E-state index contributed by atoms with van der Waals surface area (Å²) in [4.78, 5) is 0. The zero-order chi connectivity index (χ0) is 16.4. The third-order valence-corrected chi connectivity index (χ3v) is 4.32. The van der Waals surface area contributed by atoms with Gasteiger partial charge in [-0.25, -0.2) is 0 Å². The molecule has 1 aliphatic carbocycles. The monoisotopic (exact) mass is 343 g/mol. The summed E-state index contributed by atoms with van der Waals surface area (Å²) in [6.45, 7) is 3.78. The standard InChI is InChI=1S/C21H26NO.ClH/c1-5-8-16-11-12-19-18-10-7-6-9-17(18)15-20(19)21(16)23-14-13-22(2,3)4;/h5-12H,13-15H2,1-4H3;1H/q+1;/p-1. The van der Waals surface area contributed by atoms with Crippen molar-refractivity contribution in [1.29, 1.82) is 0 Å². The first-order valence-electron chi connectivity index (χ1n) is 8.30. The minimum Gasteiger partial charge on any atom is -1.00 e. The number of fused-ring (bicyclic) bond motifs is 3. The van der Waals surface area contributed by atoms with Crippen molar-refractivity contribution in [3.8, 4) is 16.9 Å². The largest absolute Gasteiger partial charge is 1.00 e. The van der Waals surface area contributed by atoms with E-state index in [2.05, 4.69) is 76.6 Å². The van der Waals surface area contributed by atoms with Gasteiger partial charge < -0.3 is 21.6 Å². The van der Waals surface area contributed by atoms with E-state index < -0.39 is 0 Å². The predicted molar refractivity (Wildman–Crippen MR) is 97.8 cm³/mol. The fourth-order valence-corrected chi connectivity index (χ4v) is 3.10. The minimum atomic E-state index is 0. The Morgan fingerprint density at radius 1 is 1.04 bits per heavy atom. The van der Waals surface area contributed by atoms with Gasteiger partial charge in [-0.1, -0.05) is 48.6 Å². The zero-order valence-electron chi connectivity index (χ0n) is 15.0. The average molecular weight is 344 g/mol. The van der Waals surface area contributed by atoms with Gasteiger partial charge in [0.1, 0.15) is 18.9 Å². The van der Waals surface area contributed by atoms with Crippen molar-refractivity contribution in [3.63, 3.8) is 0 Å². The SMILES string of the molecule is CC=Cc1ccc2c(c1OCC[N+](C)(C)C)Cc1ccccc1-2.[Cl-]. The Kier molecular flexibility index (Phi) is 5.74. The number of halogens is 1. The van der Waals surface area contributed by atoms with Crippen molar-refractivity contribution >= 4 is 6.08 Å². The summed E-state index contributed by atoms with van der Waals surface area (Å²) in [5.41, 5.74) is 6.60.